The van der Waals surface area contributed by atoms with E-state index >= 15 is 0 Å². The molecule has 1 amide bonds. The van der Waals surface area contributed by atoms with Crippen molar-refractivity contribution in [2.24, 2.45) is 5.92 Å². The number of likely N-dealkylation sites (tertiary alicyclic amines) is 1. The Bertz CT molecular complexity index is 785. The number of rotatable bonds is 6. The lowest BCUT2D eigenvalue weighted by atomic mass is 9.92. The van der Waals surface area contributed by atoms with Crippen LogP contribution in [0.25, 0.3) is 11.0 Å². The van der Waals surface area contributed by atoms with E-state index < -0.39 is 0 Å². The van der Waals surface area contributed by atoms with Crippen molar-refractivity contribution in [3.8, 4) is 0 Å². The molecule has 1 aliphatic carbocycles. The van der Waals surface area contributed by atoms with Crippen molar-refractivity contribution >= 4 is 16.9 Å². The molecule has 2 aromatic rings. The van der Waals surface area contributed by atoms with E-state index in [0.717, 1.165) is 51.1 Å². The van der Waals surface area contributed by atoms with Crippen LogP contribution in [0.2, 0.25) is 0 Å². The van der Waals surface area contributed by atoms with E-state index in [1.165, 1.54) is 43.1 Å². The number of hydrogen-bond donors (Lipinski definition) is 1. The summed E-state index contributed by atoms with van der Waals surface area (Å²) in [5.74, 6) is 0.521. The van der Waals surface area contributed by atoms with Gasteiger partial charge in [0.05, 0.1) is 0 Å². The summed E-state index contributed by atoms with van der Waals surface area (Å²) in [6.45, 7) is 6.26. The lowest BCUT2D eigenvalue weighted by molar-refractivity contribution is -0.127. The first-order chi connectivity index (χ1) is 13.7. The molecule has 0 radical (unpaired) electrons. The molecule has 5 heteroatoms. The molecule has 1 aliphatic heterocycles. The number of nitrogens with zero attached hydrogens (tertiary/aromatic N) is 3. The highest BCUT2D eigenvalue weighted by molar-refractivity contribution is 5.80. The van der Waals surface area contributed by atoms with Gasteiger partial charge in [-0.25, -0.2) is 4.98 Å². The monoisotopic (exact) mass is 382 g/mol. The smallest absolute Gasteiger partial charge is 0.223 e. The van der Waals surface area contributed by atoms with Crippen LogP contribution in [0.3, 0.4) is 0 Å². The molecule has 0 unspecified atom stereocenters. The Morgan fingerprint density at radius 3 is 2.71 bits per heavy atom. The van der Waals surface area contributed by atoms with E-state index in [9.17, 15) is 4.79 Å². The fourth-order valence-electron chi connectivity index (χ4n) is 4.90. The van der Waals surface area contributed by atoms with Gasteiger partial charge in [-0.1, -0.05) is 19.3 Å². The largest absolute Gasteiger partial charge is 0.353 e. The van der Waals surface area contributed by atoms with E-state index in [-0.39, 0.29) is 5.92 Å². The summed E-state index contributed by atoms with van der Waals surface area (Å²) >= 11 is 0. The fraction of sp³-hybridized carbons (Fsp3) is 0.652. The summed E-state index contributed by atoms with van der Waals surface area (Å²) in [6.07, 6.45) is 13.4. The van der Waals surface area contributed by atoms with Gasteiger partial charge in [0.25, 0.3) is 0 Å². The Morgan fingerprint density at radius 1 is 1.18 bits per heavy atom. The quantitative estimate of drug-likeness (QED) is 0.828. The highest BCUT2D eigenvalue weighted by Gasteiger charge is 2.27. The van der Waals surface area contributed by atoms with Crippen molar-refractivity contribution in [1.82, 2.24) is 19.8 Å². The highest BCUT2D eigenvalue weighted by Crippen LogP contribution is 2.23. The molecule has 0 aromatic carbocycles. The van der Waals surface area contributed by atoms with Gasteiger partial charge in [0.2, 0.25) is 5.91 Å². The topological polar surface area (TPSA) is 50.2 Å². The molecule has 1 saturated carbocycles. The van der Waals surface area contributed by atoms with Gasteiger partial charge in [0, 0.05) is 42.8 Å². The van der Waals surface area contributed by atoms with Gasteiger partial charge in [-0.2, -0.15) is 0 Å². The van der Waals surface area contributed by atoms with Crippen molar-refractivity contribution in [1.29, 1.82) is 0 Å². The van der Waals surface area contributed by atoms with Crippen LogP contribution in [-0.2, 0) is 17.8 Å². The zero-order valence-electron chi connectivity index (χ0n) is 17.2. The third kappa shape index (κ3) is 4.40. The molecule has 1 N–H and O–H groups in total. The molecule has 2 fully saturated rings. The number of fused-ring (bicyclic) bond motifs is 1. The Hall–Kier alpha value is -1.88. The summed E-state index contributed by atoms with van der Waals surface area (Å²) in [6, 6.07) is 4.65. The SMILES string of the molecule is CCn1cc(CCN2CCC(C(=O)NC3CCCCC3)CC2)c2cccnc21. The van der Waals surface area contributed by atoms with Crippen LogP contribution in [-0.4, -0.2) is 46.0 Å². The first-order valence-corrected chi connectivity index (χ1v) is 11.2. The van der Waals surface area contributed by atoms with Gasteiger partial charge >= 0.3 is 0 Å². The average molecular weight is 383 g/mol. The molecule has 0 atom stereocenters. The van der Waals surface area contributed by atoms with Crippen molar-refractivity contribution in [3.63, 3.8) is 0 Å². The minimum Gasteiger partial charge on any atom is -0.353 e. The predicted molar refractivity (Wildman–Crippen MR) is 113 cm³/mol. The number of hydrogen-bond acceptors (Lipinski definition) is 3. The standard InChI is InChI=1S/C23H34N4O/c1-2-27-17-19(21-9-6-13-24-22(21)27)12-16-26-14-10-18(11-15-26)23(28)25-20-7-4-3-5-8-20/h6,9,13,17-18,20H,2-5,7-8,10-12,14-16H2,1H3,(H,25,28). The number of nitrogens with one attached hydrogen (secondary N) is 1. The maximum absolute atomic E-state index is 12.6. The second-order valence-corrected chi connectivity index (χ2v) is 8.52. The molecule has 4 rings (SSSR count). The van der Waals surface area contributed by atoms with Crippen LogP contribution >= 0.6 is 0 Å². The van der Waals surface area contributed by atoms with E-state index in [4.69, 9.17) is 0 Å². The second kappa shape index (κ2) is 9.08. The molecule has 1 saturated heterocycles. The van der Waals surface area contributed by atoms with E-state index in [1.807, 2.05) is 12.3 Å². The number of pyridine rings is 1. The second-order valence-electron chi connectivity index (χ2n) is 8.52. The van der Waals surface area contributed by atoms with Gasteiger partial charge in [-0.3, -0.25) is 4.79 Å². The molecule has 0 spiro atoms. The van der Waals surface area contributed by atoms with Gasteiger partial charge in [0.1, 0.15) is 5.65 Å². The van der Waals surface area contributed by atoms with E-state index in [1.54, 1.807) is 0 Å². The molecular weight excluding hydrogens is 348 g/mol. The first kappa shape index (κ1) is 19.4. The van der Waals surface area contributed by atoms with Crippen LogP contribution in [0, 0.1) is 5.92 Å². The fourth-order valence-corrected chi connectivity index (χ4v) is 4.90. The van der Waals surface area contributed by atoms with Crippen LogP contribution in [0.15, 0.2) is 24.5 Å². The van der Waals surface area contributed by atoms with Gasteiger partial charge < -0.3 is 14.8 Å². The van der Waals surface area contributed by atoms with Crippen molar-refractivity contribution in [3.05, 3.63) is 30.1 Å². The van der Waals surface area contributed by atoms with Crippen LogP contribution in [0.5, 0.6) is 0 Å². The Kier molecular flexibility index (Phi) is 6.30. The molecule has 28 heavy (non-hydrogen) atoms. The van der Waals surface area contributed by atoms with Crippen molar-refractivity contribution < 1.29 is 4.79 Å². The number of piperidine rings is 1. The van der Waals surface area contributed by atoms with Crippen LogP contribution in [0.1, 0.15) is 57.4 Å². The average Bonchev–Trinajstić information content (AvgIpc) is 3.11. The highest BCUT2D eigenvalue weighted by atomic mass is 16.1. The lowest BCUT2D eigenvalue weighted by Gasteiger charge is -2.32. The predicted octanol–water partition coefficient (Wildman–Crippen LogP) is 3.76. The third-order valence-corrected chi connectivity index (χ3v) is 6.66. The summed E-state index contributed by atoms with van der Waals surface area (Å²) in [4.78, 5) is 19.7. The maximum atomic E-state index is 12.6. The molecule has 2 aliphatic rings. The number of carbonyl (C=O) groups excluding carboxylic acids is 1. The first-order valence-electron chi connectivity index (χ1n) is 11.2. The number of amides is 1. The molecule has 2 aromatic heterocycles. The number of aromatic nitrogens is 2. The van der Waals surface area contributed by atoms with Crippen molar-refractivity contribution in [2.75, 3.05) is 19.6 Å². The molecule has 152 valence electrons. The van der Waals surface area contributed by atoms with E-state index in [0.29, 0.717) is 11.9 Å². The molecular formula is C23H34N4O. The third-order valence-electron chi connectivity index (χ3n) is 6.66. The van der Waals surface area contributed by atoms with Crippen LogP contribution < -0.4 is 5.32 Å². The normalized spacial score (nSPS) is 19.9. The van der Waals surface area contributed by atoms with Crippen LogP contribution in [0.4, 0.5) is 0 Å². The lowest BCUT2D eigenvalue weighted by Crippen LogP contribution is -2.44. The van der Waals surface area contributed by atoms with Gasteiger partial charge in [-0.15, -0.1) is 0 Å². The zero-order chi connectivity index (χ0) is 19.3. The minimum atomic E-state index is 0.212. The number of aryl methyl sites for hydroxylation is 1. The Morgan fingerprint density at radius 2 is 1.96 bits per heavy atom. The molecule has 0 bridgehead atoms. The van der Waals surface area contributed by atoms with Gasteiger partial charge in [-0.05, 0) is 69.8 Å². The van der Waals surface area contributed by atoms with Gasteiger partial charge in [0.15, 0.2) is 0 Å². The summed E-state index contributed by atoms with van der Waals surface area (Å²) < 4.78 is 2.24. The maximum Gasteiger partial charge on any atom is 0.223 e. The van der Waals surface area contributed by atoms with E-state index in [2.05, 4.69) is 39.0 Å². The molecule has 3 heterocycles. The Balaban J connectivity index is 1.26. The summed E-state index contributed by atoms with van der Waals surface area (Å²) in [5, 5.41) is 4.61. The van der Waals surface area contributed by atoms with Crippen molar-refractivity contribution in [2.45, 2.75) is 70.9 Å². The number of carbonyl (C=O) groups is 1. The summed E-state index contributed by atoms with van der Waals surface area (Å²) in [7, 11) is 0. The minimum absolute atomic E-state index is 0.212. The zero-order valence-corrected chi connectivity index (χ0v) is 17.2. The summed E-state index contributed by atoms with van der Waals surface area (Å²) in [5.41, 5.74) is 2.49. The Labute approximate surface area is 168 Å². The molecule has 5 nitrogen and oxygen atoms in total.